The van der Waals surface area contributed by atoms with Crippen molar-refractivity contribution in [2.24, 2.45) is 0 Å². The summed E-state index contributed by atoms with van der Waals surface area (Å²) in [5.74, 6) is -1.88. The summed E-state index contributed by atoms with van der Waals surface area (Å²) in [6, 6.07) is 2.18. The van der Waals surface area contributed by atoms with Gasteiger partial charge in [-0.05, 0) is 32.9 Å². The molecule has 194 valence electrons. The number of carbonyl (C=O) groups excluding carboxylic acids is 2. The molecule has 4 rings (SSSR count). The van der Waals surface area contributed by atoms with Crippen molar-refractivity contribution >= 4 is 28.3 Å². The molecule has 4 heterocycles. The molecular formula is C24H22F4N6O3. The fraction of sp³-hybridized carbons (Fsp3) is 0.292. The maximum Gasteiger partial charge on any atom is 0.435 e. The van der Waals surface area contributed by atoms with E-state index in [9.17, 15) is 32.3 Å². The minimum absolute atomic E-state index is 0.0672. The SMILES string of the molecule is Cc1cc(C(F)(F)F)nn1CC(=O)Nc1cncc(C(=O)c2cn(C(C)(C)CO)c3c(F)cncc23)c1. The van der Waals surface area contributed by atoms with E-state index in [1.165, 1.54) is 42.3 Å². The molecule has 0 unspecified atom stereocenters. The highest BCUT2D eigenvalue weighted by molar-refractivity contribution is 6.16. The van der Waals surface area contributed by atoms with Crippen molar-refractivity contribution in [3.05, 3.63) is 71.4 Å². The normalized spacial score (nSPS) is 12.2. The van der Waals surface area contributed by atoms with Crippen LogP contribution in [0, 0.1) is 12.7 Å². The summed E-state index contributed by atoms with van der Waals surface area (Å²) in [7, 11) is 0. The molecule has 2 N–H and O–H groups in total. The lowest BCUT2D eigenvalue weighted by atomic mass is 10.0. The fourth-order valence-electron chi connectivity index (χ4n) is 3.80. The molecule has 4 aromatic rings. The topological polar surface area (TPSA) is 115 Å². The van der Waals surface area contributed by atoms with Gasteiger partial charge in [0, 0.05) is 40.8 Å². The lowest BCUT2D eigenvalue weighted by Crippen LogP contribution is -2.30. The number of rotatable bonds is 7. The van der Waals surface area contributed by atoms with Gasteiger partial charge in [0.1, 0.15) is 6.54 Å². The zero-order valence-electron chi connectivity index (χ0n) is 20.0. The average molecular weight is 518 g/mol. The van der Waals surface area contributed by atoms with Crippen LogP contribution in [0.4, 0.5) is 23.2 Å². The standard InChI is InChI=1S/C24H22F4N6O3/c1-13-4-19(24(26,27)28)32-34(13)11-20(36)31-15-5-14(6-29-7-15)22(37)17-10-33(23(2,3)12-35)21-16(17)8-30-9-18(21)25/h4-10,35H,11-12H2,1-3H3,(H,31,36). The minimum atomic E-state index is -4.64. The summed E-state index contributed by atoms with van der Waals surface area (Å²) in [6.45, 7) is 3.93. The number of aryl methyl sites for hydroxylation is 1. The van der Waals surface area contributed by atoms with E-state index in [0.29, 0.717) is 0 Å². The van der Waals surface area contributed by atoms with E-state index in [1.54, 1.807) is 13.8 Å². The van der Waals surface area contributed by atoms with Gasteiger partial charge in [0.15, 0.2) is 17.3 Å². The quantitative estimate of drug-likeness (QED) is 0.285. The Morgan fingerprint density at radius 2 is 1.78 bits per heavy atom. The fourth-order valence-corrected chi connectivity index (χ4v) is 3.80. The van der Waals surface area contributed by atoms with Crippen molar-refractivity contribution in [2.75, 3.05) is 11.9 Å². The molecule has 0 bridgehead atoms. The molecule has 0 saturated heterocycles. The van der Waals surface area contributed by atoms with E-state index < -0.39 is 41.5 Å². The van der Waals surface area contributed by atoms with Gasteiger partial charge in [-0.15, -0.1) is 0 Å². The van der Waals surface area contributed by atoms with Gasteiger partial charge in [0.2, 0.25) is 5.91 Å². The molecule has 0 aliphatic heterocycles. The van der Waals surface area contributed by atoms with Crippen molar-refractivity contribution in [1.82, 2.24) is 24.3 Å². The lowest BCUT2D eigenvalue weighted by molar-refractivity contribution is -0.141. The number of aliphatic hydroxyl groups excluding tert-OH is 1. The van der Waals surface area contributed by atoms with Crippen LogP contribution < -0.4 is 5.32 Å². The first-order valence-corrected chi connectivity index (χ1v) is 11.0. The number of carbonyl (C=O) groups is 2. The van der Waals surface area contributed by atoms with Crippen molar-refractivity contribution < 1.29 is 32.3 Å². The number of halogens is 4. The number of alkyl halides is 3. The Labute approximate surface area is 207 Å². The molecule has 9 nitrogen and oxygen atoms in total. The Morgan fingerprint density at radius 3 is 2.43 bits per heavy atom. The highest BCUT2D eigenvalue weighted by Gasteiger charge is 2.34. The number of nitrogens with zero attached hydrogens (tertiary/aromatic N) is 5. The first kappa shape index (κ1) is 25.9. The van der Waals surface area contributed by atoms with Crippen LogP contribution in [0.25, 0.3) is 10.9 Å². The largest absolute Gasteiger partial charge is 0.435 e. The molecule has 0 fully saturated rings. The van der Waals surface area contributed by atoms with E-state index in [0.717, 1.165) is 16.9 Å². The monoisotopic (exact) mass is 518 g/mol. The van der Waals surface area contributed by atoms with E-state index in [-0.39, 0.29) is 40.0 Å². The van der Waals surface area contributed by atoms with Crippen LogP contribution >= 0.6 is 0 Å². The summed E-state index contributed by atoms with van der Waals surface area (Å²) in [5, 5.41) is 15.9. The number of nitrogens with one attached hydrogen (secondary N) is 1. The second-order valence-electron chi connectivity index (χ2n) is 9.07. The number of aromatic nitrogens is 5. The van der Waals surface area contributed by atoms with Gasteiger partial charge in [-0.1, -0.05) is 0 Å². The molecular weight excluding hydrogens is 496 g/mol. The van der Waals surface area contributed by atoms with Crippen LogP contribution in [-0.4, -0.2) is 47.7 Å². The third-order valence-corrected chi connectivity index (χ3v) is 5.80. The van der Waals surface area contributed by atoms with Crippen molar-refractivity contribution in [3.8, 4) is 0 Å². The van der Waals surface area contributed by atoms with Crippen molar-refractivity contribution in [2.45, 2.75) is 39.0 Å². The summed E-state index contributed by atoms with van der Waals surface area (Å²) in [5.41, 5.74) is -1.49. The van der Waals surface area contributed by atoms with Gasteiger partial charge in [0.25, 0.3) is 0 Å². The summed E-state index contributed by atoms with van der Waals surface area (Å²) in [6.07, 6.45) is 1.67. The summed E-state index contributed by atoms with van der Waals surface area (Å²) < 4.78 is 55.7. The highest BCUT2D eigenvalue weighted by atomic mass is 19.4. The van der Waals surface area contributed by atoms with E-state index in [4.69, 9.17) is 0 Å². The van der Waals surface area contributed by atoms with Crippen molar-refractivity contribution in [1.29, 1.82) is 0 Å². The maximum absolute atomic E-state index is 14.7. The van der Waals surface area contributed by atoms with E-state index in [1.807, 2.05) is 0 Å². The zero-order valence-corrected chi connectivity index (χ0v) is 20.0. The number of hydrogen-bond donors (Lipinski definition) is 2. The molecule has 13 heteroatoms. The predicted octanol–water partition coefficient (Wildman–Crippen LogP) is 3.69. The van der Waals surface area contributed by atoms with Crippen LogP contribution in [0.15, 0.2) is 43.1 Å². The third kappa shape index (κ3) is 5.07. The van der Waals surface area contributed by atoms with Crippen LogP contribution in [-0.2, 0) is 23.1 Å². The Bertz CT molecular complexity index is 1510. The average Bonchev–Trinajstić information content (AvgIpc) is 3.41. The first-order valence-electron chi connectivity index (χ1n) is 11.0. The Balaban J connectivity index is 1.60. The van der Waals surface area contributed by atoms with Gasteiger partial charge < -0.3 is 15.0 Å². The van der Waals surface area contributed by atoms with Gasteiger partial charge >= 0.3 is 6.18 Å². The first-order chi connectivity index (χ1) is 17.3. The molecule has 0 aliphatic carbocycles. The molecule has 0 aromatic carbocycles. The van der Waals surface area contributed by atoms with Crippen LogP contribution in [0.2, 0.25) is 0 Å². The Morgan fingerprint density at radius 1 is 1.08 bits per heavy atom. The molecule has 4 aromatic heterocycles. The van der Waals surface area contributed by atoms with Gasteiger partial charge in [-0.25, -0.2) is 4.39 Å². The molecule has 0 radical (unpaired) electrons. The van der Waals surface area contributed by atoms with Gasteiger partial charge in [-0.3, -0.25) is 24.2 Å². The third-order valence-electron chi connectivity index (χ3n) is 5.80. The molecule has 37 heavy (non-hydrogen) atoms. The number of amides is 1. The molecule has 0 spiro atoms. The van der Waals surface area contributed by atoms with Crippen LogP contribution in [0.1, 0.15) is 41.2 Å². The number of aliphatic hydroxyl groups is 1. The van der Waals surface area contributed by atoms with E-state index >= 15 is 0 Å². The summed E-state index contributed by atoms with van der Waals surface area (Å²) >= 11 is 0. The molecule has 0 saturated carbocycles. The Kier molecular flexibility index (Phi) is 6.59. The predicted molar refractivity (Wildman–Crippen MR) is 124 cm³/mol. The number of hydrogen-bond acceptors (Lipinski definition) is 6. The maximum atomic E-state index is 14.7. The van der Waals surface area contributed by atoms with Gasteiger partial charge in [-0.2, -0.15) is 18.3 Å². The second-order valence-corrected chi connectivity index (χ2v) is 9.07. The van der Waals surface area contributed by atoms with E-state index in [2.05, 4.69) is 20.4 Å². The number of anilines is 1. The second kappa shape index (κ2) is 9.39. The van der Waals surface area contributed by atoms with Crippen LogP contribution in [0.3, 0.4) is 0 Å². The number of pyridine rings is 2. The van der Waals surface area contributed by atoms with Gasteiger partial charge in [0.05, 0.1) is 35.7 Å². The summed E-state index contributed by atoms with van der Waals surface area (Å²) in [4.78, 5) is 33.6. The molecule has 0 atom stereocenters. The lowest BCUT2D eigenvalue weighted by Gasteiger charge is -2.25. The molecule has 0 aliphatic rings. The smallest absolute Gasteiger partial charge is 0.394 e. The van der Waals surface area contributed by atoms with Crippen molar-refractivity contribution in [3.63, 3.8) is 0 Å². The highest BCUT2D eigenvalue weighted by Crippen LogP contribution is 2.31. The minimum Gasteiger partial charge on any atom is -0.394 e. The Hall–Kier alpha value is -4.13. The van der Waals surface area contributed by atoms with Crippen LogP contribution in [0.5, 0.6) is 0 Å². The molecule has 1 amide bonds. The number of ketones is 1. The number of fused-ring (bicyclic) bond motifs is 1. The zero-order chi connectivity index (χ0) is 27.1.